The second-order valence-corrected chi connectivity index (χ2v) is 13.9. The van der Waals surface area contributed by atoms with Gasteiger partial charge in [-0.25, -0.2) is 8.42 Å². The summed E-state index contributed by atoms with van der Waals surface area (Å²) in [5.41, 5.74) is 2.68. The molecule has 0 saturated carbocycles. The largest absolute Gasteiger partial charge is 0.489 e. The minimum absolute atomic E-state index is 0.0442. The standard InChI is InChI=1S/C36H39Cl2N3O5S/c1-3-4-21-39-36(43)34(22-27-11-7-5-8-12-27)40(24-29-15-16-30(37)23-33(29)38)35(42)25-41(47(2,44)45)31-17-19-32(20-18-31)46-26-28-13-9-6-10-14-28/h5-20,23,34H,3-4,21-22,24-26H2,1-2H3,(H,39,43)/t34-/m0/s1. The first kappa shape index (κ1) is 35.8. The van der Waals surface area contributed by atoms with Crippen LogP contribution in [0.25, 0.3) is 0 Å². The fourth-order valence-corrected chi connectivity index (χ4v) is 6.27. The van der Waals surface area contributed by atoms with Crippen molar-refractivity contribution in [2.45, 2.75) is 45.4 Å². The molecule has 248 valence electrons. The van der Waals surface area contributed by atoms with Crippen LogP contribution < -0.4 is 14.4 Å². The zero-order valence-electron chi connectivity index (χ0n) is 26.4. The average Bonchev–Trinajstić information content (AvgIpc) is 3.06. The van der Waals surface area contributed by atoms with Gasteiger partial charge in [-0.3, -0.25) is 13.9 Å². The van der Waals surface area contributed by atoms with Crippen molar-refractivity contribution in [3.8, 4) is 5.75 Å². The smallest absolute Gasteiger partial charge is 0.244 e. The lowest BCUT2D eigenvalue weighted by molar-refractivity contribution is -0.140. The van der Waals surface area contributed by atoms with E-state index in [1.807, 2.05) is 67.6 Å². The number of ether oxygens (including phenoxy) is 1. The van der Waals surface area contributed by atoms with Crippen LogP contribution in [0.5, 0.6) is 5.75 Å². The van der Waals surface area contributed by atoms with Crippen molar-refractivity contribution < 1.29 is 22.7 Å². The summed E-state index contributed by atoms with van der Waals surface area (Å²) in [6, 6.07) is 29.5. The molecule has 1 atom stereocenters. The van der Waals surface area contributed by atoms with Crippen LogP contribution in [-0.2, 0) is 39.2 Å². The normalized spacial score (nSPS) is 11.8. The van der Waals surface area contributed by atoms with E-state index >= 15 is 0 Å². The maximum atomic E-state index is 14.3. The predicted octanol–water partition coefficient (Wildman–Crippen LogP) is 6.89. The van der Waals surface area contributed by atoms with E-state index in [0.29, 0.717) is 34.5 Å². The summed E-state index contributed by atoms with van der Waals surface area (Å²) in [6.07, 6.45) is 2.90. The van der Waals surface area contributed by atoms with Crippen molar-refractivity contribution in [3.63, 3.8) is 0 Å². The molecule has 4 rings (SSSR count). The summed E-state index contributed by atoms with van der Waals surface area (Å²) in [4.78, 5) is 29.4. The highest BCUT2D eigenvalue weighted by atomic mass is 35.5. The quantitative estimate of drug-likeness (QED) is 0.129. The summed E-state index contributed by atoms with van der Waals surface area (Å²) in [5.74, 6) is -0.368. The van der Waals surface area contributed by atoms with Crippen molar-refractivity contribution in [2.24, 2.45) is 0 Å². The molecule has 0 aliphatic heterocycles. The Labute approximate surface area is 287 Å². The highest BCUT2D eigenvalue weighted by Crippen LogP contribution is 2.26. The molecule has 4 aromatic rings. The zero-order valence-corrected chi connectivity index (χ0v) is 28.8. The van der Waals surface area contributed by atoms with Crippen LogP contribution in [0.4, 0.5) is 5.69 Å². The number of carbonyl (C=O) groups is 2. The molecule has 0 aliphatic rings. The highest BCUT2D eigenvalue weighted by molar-refractivity contribution is 7.92. The molecule has 0 unspecified atom stereocenters. The maximum Gasteiger partial charge on any atom is 0.244 e. The van der Waals surface area contributed by atoms with Gasteiger partial charge in [-0.05, 0) is 59.5 Å². The minimum Gasteiger partial charge on any atom is -0.489 e. The summed E-state index contributed by atoms with van der Waals surface area (Å²) in [7, 11) is -3.92. The molecular formula is C36H39Cl2N3O5S. The monoisotopic (exact) mass is 695 g/mol. The molecule has 1 N–H and O–H groups in total. The number of nitrogens with zero attached hydrogens (tertiary/aromatic N) is 2. The lowest BCUT2D eigenvalue weighted by Gasteiger charge is -2.33. The number of rotatable bonds is 16. The van der Waals surface area contributed by atoms with Crippen LogP contribution in [0.3, 0.4) is 0 Å². The van der Waals surface area contributed by atoms with E-state index < -0.39 is 28.5 Å². The number of nitrogens with one attached hydrogen (secondary N) is 1. The second kappa shape index (κ2) is 17.2. The van der Waals surface area contributed by atoms with Crippen molar-refractivity contribution in [1.82, 2.24) is 10.2 Å². The average molecular weight is 697 g/mol. The highest BCUT2D eigenvalue weighted by Gasteiger charge is 2.33. The van der Waals surface area contributed by atoms with Crippen LogP contribution in [-0.4, -0.2) is 50.5 Å². The Hall–Kier alpha value is -4.05. The van der Waals surface area contributed by atoms with E-state index in [1.54, 1.807) is 42.5 Å². The van der Waals surface area contributed by atoms with Crippen LogP contribution in [0.15, 0.2) is 103 Å². The van der Waals surface area contributed by atoms with Gasteiger partial charge >= 0.3 is 0 Å². The molecule has 0 saturated heterocycles. The zero-order chi connectivity index (χ0) is 33.8. The fourth-order valence-electron chi connectivity index (χ4n) is 4.96. The third-order valence-corrected chi connectivity index (χ3v) is 9.24. The van der Waals surface area contributed by atoms with Crippen LogP contribution in [0.1, 0.15) is 36.5 Å². The number of sulfonamides is 1. The lowest BCUT2D eigenvalue weighted by Crippen LogP contribution is -2.53. The van der Waals surface area contributed by atoms with Crippen molar-refractivity contribution >= 4 is 50.7 Å². The van der Waals surface area contributed by atoms with E-state index in [2.05, 4.69) is 5.32 Å². The van der Waals surface area contributed by atoms with E-state index in [0.717, 1.165) is 34.5 Å². The van der Waals surface area contributed by atoms with Gasteiger partial charge in [0.1, 0.15) is 24.9 Å². The van der Waals surface area contributed by atoms with Crippen LogP contribution in [0, 0.1) is 0 Å². The molecule has 0 heterocycles. The van der Waals surface area contributed by atoms with E-state index in [4.69, 9.17) is 27.9 Å². The molecule has 0 aromatic heterocycles. The van der Waals surface area contributed by atoms with E-state index in [-0.39, 0.29) is 24.6 Å². The maximum absolute atomic E-state index is 14.3. The summed E-state index contributed by atoms with van der Waals surface area (Å²) >= 11 is 12.7. The van der Waals surface area contributed by atoms with Gasteiger partial charge < -0.3 is 15.0 Å². The van der Waals surface area contributed by atoms with Gasteiger partial charge in [0, 0.05) is 29.6 Å². The van der Waals surface area contributed by atoms with Crippen LogP contribution >= 0.6 is 23.2 Å². The van der Waals surface area contributed by atoms with Crippen molar-refractivity contribution in [2.75, 3.05) is 23.7 Å². The number of carbonyl (C=O) groups excluding carboxylic acids is 2. The second-order valence-electron chi connectivity index (χ2n) is 11.1. The van der Waals surface area contributed by atoms with Gasteiger partial charge in [-0.2, -0.15) is 0 Å². The minimum atomic E-state index is -3.92. The first-order valence-corrected chi connectivity index (χ1v) is 17.9. The molecular weight excluding hydrogens is 657 g/mol. The Morgan fingerprint density at radius 3 is 2.11 bits per heavy atom. The molecule has 2 amide bonds. The first-order valence-electron chi connectivity index (χ1n) is 15.3. The molecule has 0 radical (unpaired) electrons. The Morgan fingerprint density at radius 1 is 0.872 bits per heavy atom. The van der Waals surface area contributed by atoms with E-state index in [9.17, 15) is 18.0 Å². The lowest BCUT2D eigenvalue weighted by atomic mass is 10.0. The van der Waals surface area contributed by atoms with Crippen molar-refractivity contribution in [3.05, 3.63) is 130 Å². The van der Waals surface area contributed by atoms with Gasteiger partial charge in [0.25, 0.3) is 0 Å². The predicted molar refractivity (Wildman–Crippen MR) is 188 cm³/mol. The van der Waals surface area contributed by atoms with Gasteiger partial charge in [0.2, 0.25) is 21.8 Å². The molecule has 4 aromatic carbocycles. The number of anilines is 1. The third-order valence-electron chi connectivity index (χ3n) is 7.51. The van der Waals surface area contributed by atoms with E-state index in [1.165, 1.54) is 4.90 Å². The number of benzene rings is 4. The Kier molecular flexibility index (Phi) is 13.1. The van der Waals surface area contributed by atoms with Gasteiger partial charge in [-0.1, -0.05) is 103 Å². The Morgan fingerprint density at radius 2 is 1.51 bits per heavy atom. The first-order chi connectivity index (χ1) is 22.5. The molecule has 11 heteroatoms. The molecule has 0 bridgehead atoms. The SMILES string of the molecule is CCCCNC(=O)[C@H](Cc1ccccc1)N(Cc1ccc(Cl)cc1Cl)C(=O)CN(c1ccc(OCc2ccccc2)cc1)S(C)(=O)=O. The topological polar surface area (TPSA) is 96.0 Å². The van der Waals surface area contributed by atoms with Crippen LogP contribution in [0.2, 0.25) is 10.0 Å². The molecule has 0 fully saturated rings. The van der Waals surface area contributed by atoms with Gasteiger partial charge in [-0.15, -0.1) is 0 Å². The van der Waals surface area contributed by atoms with Crippen molar-refractivity contribution in [1.29, 1.82) is 0 Å². The van der Waals surface area contributed by atoms with Gasteiger partial charge in [0.15, 0.2) is 0 Å². The summed E-state index contributed by atoms with van der Waals surface area (Å²) in [6.45, 7) is 2.23. The molecule has 0 spiro atoms. The number of unbranched alkanes of at least 4 members (excludes halogenated alkanes) is 1. The summed E-state index contributed by atoms with van der Waals surface area (Å²) < 4.78 is 33.1. The summed E-state index contributed by atoms with van der Waals surface area (Å²) in [5, 5.41) is 3.71. The molecule has 0 aliphatic carbocycles. The Balaban J connectivity index is 1.65. The van der Waals surface area contributed by atoms with Gasteiger partial charge in [0.05, 0.1) is 11.9 Å². The molecule has 8 nitrogen and oxygen atoms in total. The number of amides is 2. The number of halogens is 2. The Bertz CT molecular complexity index is 1720. The fraction of sp³-hybridized carbons (Fsp3) is 0.278. The molecule has 47 heavy (non-hydrogen) atoms. The number of hydrogen-bond donors (Lipinski definition) is 1. The third kappa shape index (κ3) is 10.7. The number of hydrogen-bond acceptors (Lipinski definition) is 5.